The van der Waals surface area contributed by atoms with Gasteiger partial charge in [-0.3, -0.25) is 14.3 Å². The first-order valence-corrected chi connectivity index (χ1v) is 12.2. The molecular weight excluding hydrogens is 474 g/mol. The first-order valence-electron chi connectivity index (χ1n) is 11.2. The van der Waals surface area contributed by atoms with Gasteiger partial charge in [-0.2, -0.15) is 0 Å². The van der Waals surface area contributed by atoms with Crippen molar-refractivity contribution in [3.63, 3.8) is 0 Å². The van der Waals surface area contributed by atoms with E-state index in [1.54, 1.807) is 31.8 Å². The highest BCUT2D eigenvalue weighted by Gasteiger charge is 2.18. The zero-order valence-corrected chi connectivity index (χ0v) is 20.3. The summed E-state index contributed by atoms with van der Waals surface area (Å²) in [7, 11) is 1.64. The molecule has 180 valence electrons. The van der Waals surface area contributed by atoms with E-state index >= 15 is 0 Å². The second kappa shape index (κ2) is 10.9. The van der Waals surface area contributed by atoms with E-state index < -0.39 is 0 Å². The van der Waals surface area contributed by atoms with Gasteiger partial charge in [0.25, 0.3) is 5.91 Å². The highest BCUT2D eigenvalue weighted by Crippen LogP contribution is 2.31. The van der Waals surface area contributed by atoms with Gasteiger partial charge in [-0.25, -0.2) is 0 Å². The van der Waals surface area contributed by atoms with E-state index in [2.05, 4.69) is 20.5 Å². The molecule has 1 amide bonds. The van der Waals surface area contributed by atoms with Gasteiger partial charge in [-0.05, 0) is 60.2 Å². The molecule has 0 fully saturated rings. The Kier molecular flexibility index (Phi) is 7.09. The Bertz CT molecular complexity index is 1430. The Morgan fingerprint density at radius 1 is 1.00 bits per heavy atom. The lowest BCUT2D eigenvalue weighted by atomic mass is 10.1. The number of nitrogens with zero attached hydrogens (tertiary/aromatic N) is 4. The SMILES string of the molecule is COc1ccc(-n2c(SCc3ccccc3C(=O)NCc3ccco3)nnc2-c2ccncc2)cc1. The van der Waals surface area contributed by atoms with Crippen LogP contribution in [0.5, 0.6) is 5.75 Å². The number of nitrogens with one attached hydrogen (secondary N) is 1. The number of ether oxygens (including phenoxy) is 1. The van der Waals surface area contributed by atoms with E-state index in [9.17, 15) is 4.79 Å². The molecule has 8 nitrogen and oxygen atoms in total. The molecule has 0 unspecified atom stereocenters. The minimum absolute atomic E-state index is 0.156. The summed E-state index contributed by atoms with van der Waals surface area (Å²) < 4.78 is 12.6. The van der Waals surface area contributed by atoms with Gasteiger partial charge in [0.05, 0.1) is 19.9 Å². The van der Waals surface area contributed by atoms with Gasteiger partial charge < -0.3 is 14.5 Å². The van der Waals surface area contributed by atoms with Crippen LogP contribution in [0.4, 0.5) is 0 Å². The van der Waals surface area contributed by atoms with Crippen molar-refractivity contribution in [3.05, 3.63) is 108 Å². The van der Waals surface area contributed by atoms with Gasteiger partial charge in [0.1, 0.15) is 11.5 Å². The zero-order valence-electron chi connectivity index (χ0n) is 19.5. The van der Waals surface area contributed by atoms with Crippen LogP contribution in [0.2, 0.25) is 0 Å². The summed E-state index contributed by atoms with van der Waals surface area (Å²) >= 11 is 1.51. The van der Waals surface area contributed by atoms with E-state index in [1.807, 2.05) is 71.3 Å². The Morgan fingerprint density at radius 3 is 2.56 bits per heavy atom. The number of amides is 1. The maximum atomic E-state index is 12.9. The van der Waals surface area contributed by atoms with Crippen LogP contribution in [0.15, 0.2) is 101 Å². The fraction of sp³-hybridized carbons (Fsp3) is 0.111. The Labute approximate surface area is 212 Å². The van der Waals surface area contributed by atoms with E-state index in [1.165, 1.54) is 11.8 Å². The number of aromatic nitrogens is 4. The lowest BCUT2D eigenvalue weighted by Gasteiger charge is -2.12. The number of hydrogen-bond acceptors (Lipinski definition) is 7. The monoisotopic (exact) mass is 497 g/mol. The second-order valence-electron chi connectivity index (χ2n) is 7.78. The van der Waals surface area contributed by atoms with Gasteiger partial charge in [0, 0.05) is 35.0 Å². The highest BCUT2D eigenvalue weighted by molar-refractivity contribution is 7.98. The number of furan rings is 1. The highest BCUT2D eigenvalue weighted by atomic mass is 32.2. The van der Waals surface area contributed by atoms with Crippen molar-refractivity contribution < 1.29 is 13.9 Å². The summed E-state index contributed by atoms with van der Waals surface area (Å²) in [4.78, 5) is 17.0. The molecule has 0 bridgehead atoms. The van der Waals surface area contributed by atoms with Gasteiger partial charge in [0.15, 0.2) is 11.0 Å². The third-order valence-electron chi connectivity index (χ3n) is 5.52. The minimum atomic E-state index is -0.156. The molecular formula is C27H23N5O3S. The van der Waals surface area contributed by atoms with E-state index in [0.717, 1.165) is 22.6 Å². The Balaban J connectivity index is 1.41. The van der Waals surface area contributed by atoms with E-state index in [4.69, 9.17) is 9.15 Å². The fourth-order valence-corrected chi connectivity index (χ4v) is 4.66. The molecule has 3 aromatic heterocycles. The summed E-state index contributed by atoms with van der Waals surface area (Å²) in [6.45, 7) is 0.328. The number of benzene rings is 2. The molecule has 0 aliphatic heterocycles. The van der Waals surface area contributed by atoms with Crippen LogP contribution >= 0.6 is 11.8 Å². The molecule has 3 heterocycles. The van der Waals surface area contributed by atoms with Crippen molar-refractivity contribution in [1.29, 1.82) is 0 Å². The number of hydrogen-bond donors (Lipinski definition) is 1. The average molecular weight is 498 g/mol. The maximum Gasteiger partial charge on any atom is 0.251 e. The number of rotatable bonds is 9. The van der Waals surface area contributed by atoms with Crippen molar-refractivity contribution >= 4 is 17.7 Å². The molecule has 0 saturated carbocycles. The lowest BCUT2D eigenvalue weighted by molar-refractivity contribution is 0.0947. The third kappa shape index (κ3) is 5.16. The van der Waals surface area contributed by atoms with E-state index in [0.29, 0.717) is 34.6 Å². The van der Waals surface area contributed by atoms with Gasteiger partial charge >= 0.3 is 0 Å². The smallest absolute Gasteiger partial charge is 0.251 e. The number of carbonyl (C=O) groups excluding carboxylic acids is 1. The van der Waals surface area contributed by atoms with Crippen LogP contribution in [0.25, 0.3) is 17.1 Å². The molecule has 0 radical (unpaired) electrons. The molecule has 0 saturated heterocycles. The molecule has 1 N–H and O–H groups in total. The van der Waals surface area contributed by atoms with E-state index in [-0.39, 0.29) is 5.91 Å². The van der Waals surface area contributed by atoms with Crippen LogP contribution in [-0.4, -0.2) is 32.8 Å². The third-order valence-corrected chi connectivity index (χ3v) is 6.50. The molecule has 0 aliphatic carbocycles. The molecule has 5 aromatic rings. The van der Waals surface area contributed by atoms with Crippen LogP contribution in [0.1, 0.15) is 21.7 Å². The Morgan fingerprint density at radius 2 is 1.81 bits per heavy atom. The Hall–Kier alpha value is -4.37. The predicted molar refractivity (Wildman–Crippen MR) is 137 cm³/mol. The minimum Gasteiger partial charge on any atom is -0.497 e. The summed E-state index contributed by atoms with van der Waals surface area (Å²) in [5.74, 6) is 2.55. The molecule has 9 heteroatoms. The van der Waals surface area contributed by atoms with Crippen LogP contribution < -0.4 is 10.1 Å². The summed E-state index contributed by atoms with van der Waals surface area (Å²) in [6, 6.07) is 22.7. The summed E-state index contributed by atoms with van der Waals surface area (Å²) in [5.41, 5.74) is 3.31. The topological polar surface area (TPSA) is 95.1 Å². The van der Waals surface area contributed by atoms with Crippen LogP contribution in [-0.2, 0) is 12.3 Å². The van der Waals surface area contributed by atoms with Crippen molar-refractivity contribution in [2.75, 3.05) is 7.11 Å². The molecule has 36 heavy (non-hydrogen) atoms. The first-order chi connectivity index (χ1) is 17.7. The van der Waals surface area contributed by atoms with Crippen molar-refractivity contribution in [2.24, 2.45) is 0 Å². The maximum absolute atomic E-state index is 12.9. The predicted octanol–water partition coefficient (Wildman–Crippen LogP) is 5.15. The largest absolute Gasteiger partial charge is 0.497 e. The second-order valence-corrected chi connectivity index (χ2v) is 8.73. The van der Waals surface area contributed by atoms with Crippen molar-refractivity contribution in [2.45, 2.75) is 17.5 Å². The standard InChI is InChI=1S/C27H23N5O3S/c1-34-22-10-8-21(9-11-22)32-25(19-12-14-28-15-13-19)30-31-27(32)36-18-20-5-2-3-7-24(20)26(33)29-17-23-6-4-16-35-23/h2-16H,17-18H2,1H3,(H,29,33). The molecule has 2 aromatic carbocycles. The normalized spacial score (nSPS) is 10.8. The number of pyridine rings is 1. The zero-order chi connectivity index (χ0) is 24.7. The van der Waals surface area contributed by atoms with Gasteiger partial charge in [0.2, 0.25) is 0 Å². The molecule has 0 atom stereocenters. The average Bonchev–Trinajstić information content (AvgIpc) is 3.61. The number of methoxy groups -OCH3 is 1. The summed E-state index contributed by atoms with van der Waals surface area (Å²) in [6.07, 6.45) is 5.05. The number of thioether (sulfide) groups is 1. The van der Waals surface area contributed by atoms with Crippen molar-refractivity contribution in [3.8, 4) is 22.8 Å². The molecule has 0 spiro atoms. The van der Waals surface area contributed by atoms with Gasteiger partial charge in [-0.1, -0.05) is 30.0 Å². The van der Waals surface area contributed by atoms with Crippen LogP contribution in [0.3, 0.4) is 0 Å². The molecule has 5 rings (SSSR count). The molecule has 0 aliphatic rings. The van der Waals surface area contributed by atoms with Crippen molar-refractivity contribution in [1.82, 2.24) is 25.1 Å². The van der Waals surface area contributed by atoms with Crippen LogP contribution in [0, 0.1) is 0 Å². The quantitative estimate of drug-likeness (QED) is 0.281. The summed E-state index contributed by atoms with van der Waals surface area (Å²) in [5, 5.41) is 12.6. The number of carbonyl (C=O) groups is 1. The first kappa shape index (κ1) is 23.4. The lowest BCUT2D eigenvalue weighted by Crippen LogP contribution is -2.23. The fourth-order valence-electron chi connectivity index (χ4n) is 3.70. The van der Waals surface area contributed by atoms with Gasteiger partial charge in [-0.15, -0.1) is 10.2 Å².